The molecule has 0 unspecified atom stereocenters. The third-order valence-electron chi connectivity index (χ3n) is 4.02. The van der Waals surface area contributed by atoms with Gasteiger partial charge in [0, 0.05) is 44.1 Å². The van der Waals surface area contributed by atoms with Crippen LogP contribution in [0.5, 0.6) is 0 Å². The van der Waals surface area contributed by atoms with Gasteiger partial charge in [0.2, 0.25) is 5.95 Å². The summed E-state index contributed by atoms with van der Waals surface area (Å²) in [4.78, 5) is 13.9. The summed E-state index contributed by atoms with van der Waals surface area (Å²) >= 11 is 0. The summed E-state index contributed by atoms with van der Waals surface area (Å²) in [6, 6.07) is 0. The lowest BCUT2D eigenvalue weighted by atomic mass is 9.89. The van der Waals surface area contributed by atoms with E-state index in [0.29, 0.717) is 0 Å². The van der Waals surface area contributed by atoms with Gasteiger partial charge in [-0.15, -0.1) is 0 Å². The predicted molar refractivity (Wildman–Crippen MR) is 84.3 cm³/mol. The van der Waals surface area contributed by atoms with Gasteiger partial charge in [-0.2, -0.15) is 0 Å². The van der Waals surface area contributed by atoms with Crippen molar-refractivity contribution in [3.05, 3.63) is 18.0 Å². The van der Waals surface area contributed by atoms with Crippen LogP contribution in [-0.2, 0) is 5.41 Å². The van der Waals surface area contributed by atoms with Crippen LogP contribution in [0.1, 0.15) is 47.1 Å². The highest BCUT2D eigenvalue weighted by molar-refractivity contribution is 5.32. The fourth-order valence-electron chi connectivity index (χ4n) is 2.45. The van der Waals surface area contributed by atoms with Crippen molar-refractivity contribution in [2.75, 3.05) is 31.1 Å². The van der Waals surface area contributed by atoms with Gasteiger partial charge < -0.3 is 4.90 Å². The van der Waals surface area contributed by atoms with Gasteiger partial charge in [0.1, 0.15) is 0 Å². The van der Waals surface area contributed by atoms with Crippen molar-refractivity contribution in [3.8, 4) is 0 Å². The highest BCUT2D eigenvalue weighted by Crippen LogP contribution is 2.22. The first kappa shape index (κ1) is 15.2. The molecule has 0 aliphatic carbocycles. The first-order valence-electron chi connectivity index (χ1n) is 7.50. The zero-order valence-electron chi connectivity index (χ0n) is 13.8. The number of nitrogens with zero attached hydrogens (tertiary/aromatic N) is 4. The maximum atomic E-state index is 4.55. The van der Waals surface area contributed by atoms with E-state index in [1.807, 2.05) is 12.4 Å². The summed E-state index contributed by atoms with van der Waals surface area (Å²) in [5.74, 6) is 0.867. The summed E-state index contributed by atoms with van der Waals surface area (Å²) in [5.41, 5.74) is 1.56. The number of aromatic nitrogens is 2. The lowest BCUT2D eigenvalue weighted by Crippen LogP contribution is -2.53. The largest absolute Gasteiger partial charge is 0.338 e. The monoisotopic (exact) mass is 276 g/mol. The van der Waals surface area contributed by atoms with E-state index in [1.165, 1.54) is 5.56 Å². The molecule has 0 aromatic carbocycles. The second-order valence-electron chi connectivity index (χ2n) is 7.67. The minimum Gasteiger partial charge on any atom is -0.338 e. The van der Waals surface area contributed by atoms with E-state index in [9.17, 15) is 0 Å². The Hall–Kier alpha value is -1.16. The Morgan fingerprint density at radius 3 is 1.75 bits per heavy atom. The van der Waals surface area contributed by atoms with Crippen LogP contribution >= 0.6 is 0 Å². The Labute approximate surface area is 123 Å². The summed E-state index contributed by atoms with van der Waals surface area (Å²) in [6.45, 7) is 17.6. The molecule has 0 saturated carbocycles. The fourth-order valence-corrected chi connectivity index (χ4v) is 2.45. The van der Waals surface area contributed by atoms with Gasteiger partial charge >= 0.3 is 0 Å². The van der Waals surface area contributed by atoms with Gasteiger partial charge in [-0.1, -0.05) is 20.8 Å². The highest BCUT2D eigenvalue weighted by atomic mass is 15.3. The molecular formula is C16H28N4. The maximum Gasteiger partial charge on any atom is 0.225 e. The smallest absolute Gasteiger partial charge is 0.225 e. The molecule has 2 rings (SSSR count). The van der Waals surface area contributed by atoms with Gasteiger partial charge in [0.05, 0.1) is 0 Å². The SMILES string of the molecule is CC(C)(C)c1cnc(N2CCN(C(C)(C)C)CC2)nc1. The van der Waals surface area contributed by atoms with Crippen molar-refractivity contribution in [3.63, 3.8) is 0 Å². The Morgan fingerprint density at radius 2 is 1.35 bits per heavy atom. The van der Waals surface area contributed by atoms with Crippen LogP contribution in [0.15, 0.2) is 12.4 Å². The Balaban J connectivity index is 2.01. The molecule has 0 atom stereocenters. The number of anilines is 1. The second-order valence-corrected chi connectivity index (χ2v) is 7.67. The molecule has 0 bridgehead atoms. The molecule has 1 aromatic rings. The molecule has 1 fully saturated rings. The Morgan fingerprint density at radius 1 is 0.850 bits per heavy atom. The molecule has 1 aliphatic heterocycles. The van der Waals surface area contributed by atoms with Crippen LogP contribution in [0.25, 0.3) is 0 Å². The number of piperazine rings is 1. The molecule has 0 N–H and O–H groups in total. The Bertz CT molecular complexity index is 431. The molecule has 4 heteroatoms. The Kier molecular flexibility index (Phi) is 4.05. The summed E-state index contributed by atoms with van der Waals surface area (Å²) in [5, 5.41) is 0. The zero-order valence-corrected chi connectivity index (χ0v) is 13.8. The van der Waals surface area contributed by atoms with Crippen LogP contribution in [0, 0.1) is 0 Å². The minimum absolute atomic E-state index is 0.115. The van der Waals surface area contributed by atoms with Crippen molar-refractivity contribution in [2.24, 2.45) is 0 Å². The van der Waals surface area contributed by atoms with Crippen LogP contribution < -0.4 is 4.90 Å². The molecule has 1 aromatic heterocycles. The summed E-state index contributed by atoms with van der Waals surface area (Å²) in [6.07, 6.45) is 3.94. The minimum atomic E-state index is 0.115. The molecule has 20 heavy (non-hydrogen) atoms. The van der Waals surface area contributed by atoms with Gasteiger partial charge in [-0.05, 0) is 31.7 Å². The van der Waals surface area contributed by atoms with Crippen molar-refractivity contribution < 1.29 is 0 Å². The summed E-state index contributed by atoms with van der Waals surface area (Å²) < 4.78 is 0. The standard InChI is InChI=1S/C16H28N4/c1-15(2,3)13-11-17-14(18-12-13)19-7-9-20(10-8-19)16(4,5)6/h11-12H,7-10H2,1-6H3. The number of hydrogen-bond donors (Lipinski definition) is 0. The molecule has 112 valence electrons. The molecule has 0 radical (unpaired) electrons. The van der Waals surface area contributed by atoms with E-state index >= 15 is 0 Å². The molecule has 0 spiro atoms. The van der Waals surface area contributed by atoms with E-state index in [1.54, 1.807) is 0 Å². The van der Waals surface area contributed by atoms with Crippen LogP contribution in [0.4, 0.5) is 5.95 Å². The van der Waals surface area contributed by atoms with Gasteiger partial charge in [0.25, 0.3) is 0 Å². The lowest BCUT2D eigenvalue weighted by molar-refractivity contribution is 0.128. The number of rotatable bonds is 1. The van der Waals surface area contributed by atoms with Gasteiger partial charge in [0.15, 0.2) is 0 Å². The highest BCUT2D eigenvalue weighted by Gasteiger charge is 2.26. The second kappa shape index (κ2) is 5.32. The van der Waals surface area contributed by atoms with Crippen molar-refractivity contribution in [2.45, 2.75) is 52.5 Å². The van der Waals surface area contributed by atoms with Gasteiger partial charge in [-0.25, -0.2) is 9.97 Å². The molecular weight excluding hydrogens is 248 g/mol. The van der Waals surface area contributed by atoms with Crippen LogP contribution in [0.3, 0.4) is 0 Å². The van der Waals surface area contributed by atoms with Crippen molar-refractivity contribution in [1.82, 2.24) is 14.9 Å². The van der Waals surface area contributed by atoms with E-state index in [4.69, 9.17) is 0 Å². The topological polar surface area (TPSA) is 32.3 Å². The first-order chi connectivity index (χ1) is 9.18. The normalized spacial score (nSPS) is 18.4. The van der Waals surface area contributed by atoms with E-state index in [0.717, 1.165) is 32.1 Å². The zero-order chi connectivity index (χ0) is 15.0. The fraction of sp³-hybridized carbons (Fsp3) is 0.750. The average molecular weight is 276 g/mol. The van der Waals surface area contributed by atoms with Gasteiger partial charge in [-0.3, -0.25) is 4.90 Å². The molecule has 4 nitrogen and oxygen atoms in total. The van der Waals surface area contributed by atoms with Crippen LogP contribution in [-0.4, -0.2) is 46.6 Å². The predicted octanol–water partition coefficient (Wildman–Crippen LogP) is 2.69. The third-order valence-corrected chi connectivity index (χ3v) is 4.02. The lowest BCUT2D eigenvalue weighted by Gasteiger charge is -2.42. The van der Waals surface area contributed by atoms with Crippen LogP contribution in [0.2, 0.25) is 0 Å². The van der Waals surface area contributed by atoms with E-state index in [2.05, 4.69) is 61.3 Å². The third kappa shape index (κ3) is 3.48. The quantitative estimate of drug-likeness (QED) is 0.789. The molecule has 1 saturated heterocycles. The molecule has 1 aliphatic rings. The van der Waals surface area contributed by atoms with E-state index < -0.39 is 0 Å². The average Bonchev–Trinajstić information content (AvgIpc) is 2.37. The van der Waals surface area contributed by atoms with E-state index in [-0.39, 0.29) is 11.0 Å². The van der Waals surface area contributed by atoms with Crippen molar-refractivity contribution >= 4 is 5.95 Å². The summed E-state index contributed by atoms with van der Waals surface area (Å²) in [7, 11) is 0. The molecule has 2 heterocycles. The molecule has 0 amide bonds. The maximum absolute atomic E-state index is 4.55. The number of hydrogen-bond acceptors (Lipinski definition) is 4. The van der Waals surface area contributed by atoms with Crippen molar-refractivity contribution in [1.29, 1.82) is 0 Å². The first-order valence-corrected chi connectivity index (χ1v) is 7.50.